The summed E-state index contributed by atoms with van der Waals surface area (Å²) < 4.78 is 10.7. The van der Waals surface area contributed by atoms with Crippen molar-refractivity contribution in [3.63, 3.8) is 0 Å². The molecule has 1 aliphatic heterocycles. The molecule has 3 rings (SSSR count). The minimum absolute atomic E-state index is 0.160. The number of esters is 1. The van der Waals surface area contributed by atoms with Crippen LogP contribution in [0.15, 0.2) is 28.7 Å². The van der Waals surface area contributed by atoms with Crippen LogP contribution in [0, 0.1) is 20.8 Å². The molecule has 0 radical (unpaired) electrons. The van der Waals surface area contributed by atoms with Gasteiger partial charge in [-0.25, -0.2) is 4.79 Å². The van der Waals surface area contributed by atoms with E-state index in [4.69, 9.17) is 9.15 Å². The summed E-state index contributed by atoms with van der Waals surface area (Å²) in [5.74, 6) is -0.0472. The molecular weight excluding hydrogens is 348 g/mol. The Morgan fingerprint density at radius 3 is 2.59 bits per heavy atom. The van der Waals surface area contributed by atoms with Crippen molar-refractivity contribution in [2.45, 2.75) is 40.2 Å². The van der Waals surface area contributed by atoms with Crippen LogP contribution in [-0.4, -0.2) is 30.4 Å². The summed E-state index contributed by atoms with van der Waals surface area (Å²) in [7, 11) is 0. The second-order valence-electron chi connectivity index (χ2n) is 6.67. The number of anilines is 2. The number of hydrogen-bond donors (Lipinski definition) is 1. The van der Waals surface area contributed by atoms with Crippen molar-refractivity contribution in [1.82, 2.24) is 0 Å². The summed E-state index contributed by atoms with van der Waals surface area (Å²) in [5, 5.41) is 2.79. The lowest BCUT2D eigenvalue weighted by Gasteiger charge is -2.27. The lowest BCUT2D eigenvalue weighted by atomic mass is 10.1. The first kappa shape index (κ1) is 18.7. The van der Waals surface area contributed by atoms with E-state index in [1.54, 1.807) is 52.0 Å². The highest BCUT2D eigenvalue weighted by Gasteiger charge is 2.30. The molecule has 0 spiro atoms. The molecule has 1 aromatic heterocycles. The molecule has 1 N–H and O–H groups in total. The second-order valence-corrected chi connectivity index (χ2v) is 6.67. The first-order valence-corrected chi connectivity index (χ1v) is 8.74. The Morgan fingerprint density at radius 2 is 1.93 bits per heavy atom. The van der Waals surface area contributed by atoms with Gasteiger partial charge >= 0.3 is 5.97 Å². The van der Waals surface area contributed by atoms with Gasteiger partial charge in [-0.15, -0.1) is 0 Å². The SMILES string of the molecule is Cc1oc(C)c(C(=O)OCC(=O)N2c3ccccc3NC(=O)C[C@@H]2C)c1C. The number of rotatable bonds is 3. The van der Waals surface area contributed by atoms with Crippen LogP contribution < -0.4 is 10.2 Å². The molecule has 0 aliphatic carbocycles. The van der Waals surface area contributed by atoms with Crippen LogP contribution in [0.3, 0.4) is 0 Å². The third-order valence-corrected chi connectivity index (χ3v) is 4.72. The fourth-order valence-corrected chi connectivity index (χ4v) is 3.33. The lowest BCUT2D eigenvalue weighted by molar-refractivity contribution is -0.122. The number of furan rings is 1. The van der Waals surface area contributed by atoms with E-state index < -0.39 is 18.5 Å². The van der Waals surface area contributed by atoms with E-state index in [1.165, 1.54) is 4.90 Å². The molecule has 0 bridgehead atoms. The Balaban J connectivity index is 1.79. The maximum Gasteiger partial charge on any atom is 0.342 e. The average Bonchev–Trinajstić information content (AvgIpc) is 2.78. The van der Waals surface area contributed by atoms with Gasteiger partial charge in [-0.1, -0.05) is 12.1 Å². The number of fused-ring (bicyclic) bond motifs is 1. The van der Waals surface area contributed by atoms with Gasteiger partial charge in [0.2, 0.25) is 5.91 Å². The normalized spacial score (nSPS) is 16.4. The first-order valence-electron chi connectivity index (χ1n) is 8.74. The monoisotopic (exact) mass is 370 g/mol. The highest BCUT2D eigenvalue weighted by Crippen LogP contribution is 2.31. The zero-order valence-electron chi connectivity index (χ0n) is 15.8. The Kier molecular flexibility index (Phi) is 5.03. The van der Waals surface area contributed by atoms with Crippen molar-refractivity contribution in [1.29, 1.82) is 0 Å². The molecule has 0 saturated carbocycles. The third kappa shape index (κ3) is 3.58. The minimum Gasteiger partial charge on any atom is -0.465 e. The maximum absolute atomic E-state index is 12.8. The van der Waals surface area contributed by atoms with Crippen LogP contribution in [0.1, 0.15) is 40.8 Å². The molecule has 0 unspecified atom stereocenters. The molecular formula is C20H22N2O5. The fourth-order valence-electron chi connectivity index (χ4n) is 3.33. The van der Waals surface area contributed by atoms with E-state index >= 15 is 0 Å². The highest BCUT2D eigenvalue weighted by atomic mass is 16.5. The van der Waals surface area contributed by atoms with E-state index in [2.05, 4.69) is 5.32 Å². The zero-order valence-corrected chi connectivity index (χ0v) is 15.8. The van der Waals surface area contributed by atoms with E-state index in [0.717, 1.165) is 0 Å². The number of ether oxygens (including phenoxy) is 1. The standard InChI is InChI=1S/C20H22N2O5/c1-11-9-17(23)21-15-7-5-6-8-16(15)22(11)18(24)10-26-20(25)19-12(2)13(3)27-14(19)4/h5-8,11H,9-10H2,1-4H3,(H,21,23)/t11-/m0/s1. The molecule has 1 aliphatic rings. The van der Waals surface area contributed by atoms with Crippen molar-refractivity contribution < 1.29 is 23.5 Å². The summed E-state index contributed by atoms with van der Waals surface area (Å²) in [6, 6.07) is 6.70. The summed E-state index contributed by atoms with van der Waals surface area (Å²) >= 11 is 0. The molecule has 0 fully saturated rings. The van der Waals surface area contributed by atoms with Crippen LogP contribution in [-0.2, 0) is 14.3 Å². The van der Waals surface area contributed by atoms with Gasteiger partial charge in [0.1, 0.15) is 17.1 Å². The molecule has 0 saturated heterocycles. The number of nitrogens with zero attached hydrogens (tertiary/aromatic N) is 1. The van der Waals surface area contributed by atoms with Crippen LogP contribution in [0.2, 0.25) is 0 Å². The summed E-state index contributed by atoms with van der Waals surface area (Å²) in [6.45, 7) is 6.59. The molecule has 2 amide bonds. The number of amides is 2. The van der Waals surface area contributed by atoms with Gasteiger partial charge in [0, 0.05) is 18.0 Å². The topological polar surface area (TPSA) is 88.8 Å². The largest absolute Gasteiger partial charge is 0.465 e. The number of aryl methyl sites for hydroxylation is 2. The van der Waals surface area contributed by atoms with Crippen LogP contribution in [0.5, 0.6) is 0 Å². The number of carbonyl (C=O) groups is 3. The number of nitrogens with one attached hydrogen (secondary N) is 1. The summed E-state index contributed by atoms with van der Waals surface area (Å²) in [5.41, 5.74) is 2.20. The van der Waals surface area contributed by atoms with Crippen molar-refractivity contribution in [3.05, 3.63) is 46.9 Å². The van der Waals surface area contributed by atoms with E-state index in [0.29, 0.717) is 34.0 Å². The Labute approximate surface area is 157 Å². The van der Waals surface area contributed by atoms with Gasteiger partial charge in [0.25, 0.3) is 5.91 Å². The van der Waals surface area contributed by atoms with E-state index in [-0.39, 0.29) is 18.4 Å². The smallest absolute Gasteiger partial charge is 0.342 e. The predicted molar refractivity (Wildman–Crippen MR) is 99.8 cm³/mol. The molecule has 142 valence electrons. The number of benzene rings is 1. The van der Waals surface area contributed by atoms with Gasteiger partial charge < -0.3 is 19.4 Å². The van der Waals surface area contributed by atoms with E-state index in [1.807, 2.05) is 0 Å². The van der Waals surface area contributed by atoms with Crippen molar-refractivity contribution in [3.8, 4) is 0 Å². The Bertz CT molecular complexity index is 915. The second kappa shape index (κ2) is 7.26. The number of carbonyl (C=O) groups excluding carboxylic acids is 3. The number of hydrogen-bond acceptors (Lipinski definition) is 5. The molecule has 27 heavy (non-hydrogen) atoms. The quantitative estimate of drug-likeness (QED) is 0.839. The van der Waals surface area contributed by atoms with Gasteiger partial charge in [-0.05, 0) is 39.8 Å². The lowest BCUT2D eigenvalue weighted by Crippen LogP contribution is -2.41. The van der Waals surface area contributed by atoms with Crippen LogP contribution in [0.4, 0.5) is 11.4 Å². The van der Waals surface area contributed by atoms with Crippen LogP contribution >= 0.6 is 0 Å². The zero-order chi connectivity index (χ0) is 19.7. The van der Waals surface area contributed by atoms with Crippen LogP contribution in [0.25, 0.3) is 0 Å². The van der Waals surface area contributed by atoms with Gasteiger partial charge in [-0.3, -0.25) is 9.59 Å². The molecule has 7 heteroatoms. The highest BCUT2D eigenvalue weighted by molar-refractivity contribution is 6.05. The maximum atomic E-state index is 12.8. The number of para-hydroxylation sites is 2. The molecule has 1 atom stereocenters. The first-order chi connectivity index (χ1) is 12.8. The van der Waals surface area contributed by atoms with Crippen molar-refractivity contribution in [2.75, 3.05) is 16.8 Å². The fraction of sp³-hybridized carbons (Fsp3) is 0.350. The summed E-state index contributed by atoms with van der Waals surface area (Å²) in [6.07, 6.45) is 0.160. The predicted octanol–water partition coefficient (Wildman–Crippen LogP) is 3.13. The minimum atomic E-state index is -0.597. The van der Waals surface area contributed by atoms with Crippen molar-refractivity contribution >= 4 is 29.2 Å². The van der Waals surface area contributed by atoms with Gasteiger partial charge in [-0.2, -0.15) is 0 Å². The Hall–Kier alpha value is -3.09. The van der Waals surface area contributed by atoms with Crippen molar-refractivity contribution in [2.24, 2.45) is 0 Å². The van der Waals surface area contributed by atoms with Gasteiger partial charge in [0.15, 0.2) is 6.61 Å². The average molecular weight is 370 g/mol. The van der Waals surface area contributed by atoms with Gasteiger partial charge in [0.05, 0.1) is 11.4 Å². The third-order valence-electron chi connectivity index (χ3n) is 4.72. The molecule has 1 aromatic carbocycles. The molecule has 2 aromatic rings. The summed E-state index contributed by atoms with van der Waals surface area (Å²) in [4.78, 5) is 38.8. The molecule has 7 nitrogen and oxygen atoms in total. The Morgan fingerprint density at radius 1 is 1.22 bits per heavy atom. The van der Waals surface area contributed by atoms with E-state index in [9.17, 15) is 14.4 Å². The molecule has 2 heterocycles.